The van der Waals surface area contributed by atoms with E-state index >= 15 is 0 Å². The molecule has 0 spiro atoms. The molecule has 4 aromatic carbocycles. The molecule has 0 amide bonds. The average molecular weight is 380 g/mol. The molecule has 29 heavy (non-hydrogen) atoms. The summed E-state index contributed by atoms with van der Waals surface area (Å²) in [6, 6.07) is 32.4. The lowest BCUT2D eigenvalue weighted by molar-refractivity contribution is -0.166. The highest BCUT2D eigenvalue weighted by Gasteiger charge is 2.61. The van der Waals surface area contributed by atoms with Gasteiger partial charge in [-0.25, -0.2) is 0 Å². The predicted octanol–water partition coefficient (Wildman–Crippen LogP) is 5.76. The Kier molecular flexibility index (Phi) is 4.09. The quantitative estimate of drug-likeness (QED) is 0.488. The van der Waals surface area contributed by atoms with Crippen LogP contribution in [0.15, 0.2) is 97.1 Å². The maximum absolute atomic E-state index is 12.7. The monoisotopic (exact) mass is 380 g/mol. The van der Waals surface area contributed by atoms with E-state index in [1.807, 2.05) is 74.5 Å². The van der Waals surface area contributed by atoms with Crippen molar-refractivity contribution in [1.29, 1.82) is 0 Å². The van der Waals surface area contributed by atoms with Crippen LogP contribution in [0.25, 0.3) is 10.8 Å². The first kappa shape index (κ1) is 18.1. The fourth-order valence-electron chi connectivity index (χ4n) is 4.97. The molecule has 2 atom stereocenters. The van der Waals surface area contributed by atoms with Gasteiger partial charge in [0.15, 0.2) is 11.2 Å². The topological polar surface area (TPSA) is 29.5 Å². The number of aliphatic hydroxyl groups is 1. The third-order valence-corrected chi connectivity index (χ3v) is 5.97. The minimum atomic E-state index is -1.36. The van der Waals surface area contributed by atoms with Gasteiger partial charge in [-0.3, -0.25) is 0 Å². The Labute approximate surface area is 171 Å². The molecule has 0 radical (unpaired) electrons. The van der Waals surface area contributed by atoms with Crippen LogP contribution >= 0.6 is 0 Å². The molecule has 0 saturated carbocycles. The van der Waals surface area contributed by atoms with Gasteiger partial charge in [0.25, 0.3) is 0 Å². The molecular weight excluding hydrogens is 356 g/mol. The average Bonchev–Trinajstić information content (AvgIpc) is 2.98. The number of hydrogen-bond acceptors (Lipinski definition) is 2. The minimum Gasteiger partial charge on any atom is -0.377 e. The van der Waals surface area contributed by atoms with Gasteiger partial charge in [-0.2, -0.15) is 0 Å². The van der Waals surface area contributed by atoms with Crippen molar-refractivity contribution in [2.24, 2.45) is 0 Å². The lowest BCUT2D eigenvalue weighted by Crippen LogP contribution is -2.51. The minimum absolute atomic E-state index is 0.0880. The van der Waals surface area contributed by atoms with E-state index in [0.717, 1.165) is 33.0 Å². The van der Waals surface area contributed by atoms with Crippen LogP contribution in [0.5, 0.6) is 0 Å². The summed E-state index contributed by atoms with van der Waals surface area (Å²) in [5.74, 6) is 0. The smallest absolute Gasteiger partial charge is 0.156 e. The lowest BCUT2D eigenvalue weighted by atomic mass is 9.71. The summed E-state index contributed by atoms with van der Waals surface area (Å²) < 4.78 is 6.78. The second kappa shape index (κ2) is 6.55. The normalized spacial score (nSPS) is 23.0. The second-order valence-corrected chi connectivity index (χ2v) is 8.00. The van der Waals surface area contributed by atoms with Gasteiger partial charge in [0.1, 0.15) is 0 Å². The van der Waals surface area contributed by atoms with Crippen LogP contribution in [0.2, 0.25) is 0 Å². The van der Waals surface area contributed by atoms with Crippen molar-refractivity contribution in [1.82, 2.24) is 0 Å². The molecule has 2 unspecified atom stereocenters. The molecule has 0 fully saturated rings. The van der Waals surface area contributed by atoms with Crippen molar-refractivity contribution in [3.63, 3.8) is 0 Å². The van der Waals surface area contributed by atoms with E-state index in [1.165, 1.54) is 0 Å². The van der Waals surface area contributed by atoms with Crippen molar-refractivity contribution < 1.29 is 9.84 Å². The molecule has 144 valence electrons. The van der Waals surface area contributed by atoms with E-state index in [2.05, 4.69) is 36.4 Å². The Morgan fingerprint density at radius 1 is 0.655 bits per heavy atom. The molecule has 0 saturated heterocycles. The van der Waals surface area contributed by atoms with E-state index in [4.69, 9.17) is 4.74 Å². The first-order valence-electron chi connectivity index (χ1n) is 10.1. The molecule has 4 aromatic rings. The van der Waals surface area contributed by atoms with Gasteiger partial charge < -0.3 is 9.84 Å². The molecule has 0 aliphatic heterocycles. The van der Waals surface area contributed by atoms with Gasteiger partial charge in [-0.05, 0) is 41.3 Å². The molecule has 1 N–H and O–H groups in total. The van der Waals surface area contributed by atoms with Gasteiger partial charge in [0.05, 0.1) is 6.10 Å². The molecule has 0 heterocycles. The van der Waals surface area contributed by atoms with Gasteiger partial charge in [0.2, 0.25) is 0 Å². The van der Waals surface area contributed by atoms with Gasteiger partial charge in [-0.1, -0.05) is 97.1 Å². The molecular formula is C27H24O2. The Morgan fingerprint density at radius 3 is 1.79 bits per heavy atom. The molecule has 1 aliphatic carbocycles. The molecule has 0 bridgehead atoms. The molecule has 0 aromatic heterocycles. The summed E-state index contributed by atoms with van der Waals surface area (Å²) >= 11 is 0. The highest BCUT2D eigenvalue weighted by molar-refractivity contribution is 5.95. The first-order chi connectivity index (χ1) is 14.1. The zero-order chi connectivity index (χ0) is 20.1. The molecule has 2 heteroatoms. The maximum atomic E-state index is 12.7. The molecule has 2 nitrogen and oxygen atoms in total. The Hall–Kier alpha value is -2.94. The van der Waals surface area contributed by atoms with Crippen LogP contribution in [0.4, 0.5) is 0 Å². The molecule has 1 aliphatic rings. The van der Waals surface area contributed by atoms with Crippen LogP contribution < -0.4 is 0 Å². The maximum Gasteiger partial charge on any atom is 0.156 e. The predicted molar refractivity (Wildman–Crippen MR) is 117 cm³/mol. The van der Waals surface area contributed by atoms with Crippen molar-refractivity contribution in [3.8, 4) is 0 Å². The van der Waals surface area contributed by atoms with Gasteiger partial charge >= 0.3 is 0 Å². The fourth-order valence-corrected chi connectivity index (χ4v) is 4.97. The van der Waals surface area contributed by atoms with E-state index in [0.29, 0.717) is 0 Å². The van der Waals surface area contributed by atoms with E-state index < -0.39 is 11.2 Å². The summed E-state index contributed by atoms with van der Waals surface area (Å²) in [5, 5.41) is 14.9. The summed E-state index contributed by atoms with van der Waals surface area (Å²) in [6.45, 7) is 4.05. The second-order valence-electron chi connectivity index (χ2n) is 8.00. The number of rotatable bonds is 4. The van der Waals surface area contributed by atoms with Crippen molar-refractivity contribution in [2.75, 3.05) is 0 Å². The summed E-state index contributed by atoms with van der Waals surface area (Å²) in [6.07, 6.45) is -0.0880. The number of benzene rings is 4. The third-order valence-electron chi connectivity index (χ3n) is 5.97. The van der Waals surface area contributed by atoms with Crippen molar-refractivity contribution >= 4 is 10.8 Å². The highest BCUT2D eigenvalue weighted by atomic mass is 16.5. The Morgan fingerprint density at radius 2 is 1.21 bits per heavy atom. The Bertz CT molecular complexity index is 1160. The van der Waals surface area contributed by atoms with E-state index in [9.17, 15) is 5.11 Å². The zero-order valence-corrected chi connectivity index (χ0v) is 16.7. The van der Waals surface area contributed by atoms with E-state index in [-0.39, 0.29) is 6.10 Å². The first-order valence-corrected chi connectivity index (χ1v) is 10.1. The summed E-state index contributed by atoms with van der Waals surface area (Å²) in [5.41, 5.74) is 1.27. The SMILES string of the molecule is CC(C)OC1(c2ccccc2)c2cccc3cccc(c23)C1(O)c1ccccc1. The molecule has 5 rings (SSSR count). The van der Waals surface area contributed by atoms with Crippen LogP contribution in [0, 0.1) is 0 Å². The highest BCUT2D eigenvalue weighted by Crippen LogP contribution is 2.60. The largest absolute Gasteiger partial charge is 0.377 e. The van der Waals surface area contributed by atoms with Crippen molar-refractivity contribution in [3.05, 3.63) is 119 Å². The fraction of sp³-hybridized carbons (Fsp3) is 0.185. The lowest BCUT2D eigenvalue weighted by Gasteiger charge is -2.45. The van der Waals surface area contributed by atoms with Crippen LogP contribution in [0.3, 0.4) is 0 Å². The zero-order valence-electron chi connectivity index (χ0n) is 16.7. The van der Waals surface area contributed by atoms with Gasteiger partial charge in [-0.15, -0.1) is 0 Å². The van der Waals surface area contributed by atoms with Crippen LogP contribution in [-0.2, 0) is 15.9 Å². The van der Waals surface area contributed by atoms with Crippen molar-refractivity contribution in [2.45, 2.75) is 31.2 Å². The third kappa shape index (κ3) is 2.37. The van der Waals surface area contributed by atoms with E-state index in [1.54, 1.807) is 0 Å². The van der Waals surface area contributed by atoms with Gasteiger partial charge in [0, 0.05) is 5.56 Å². The van der Waals surface area contributed by atoms with Crippen LogP contribution in [0.1, 0.15) is 36.1 Å². The summed E-state index contributed by atoms with van der Waals surface area (Å²) in [4.78, 5) is 0. The Balaban J connectivity index is 1.98. The van der Waals surface area contributed by atoms with Crippen LogP contribution in [-0.4, -0.2) is 11.2 Å². The number of ether oxygens (including phenoxy) is 1. The standard InChI is InChI=1S/C27H24O2/c1-19(2)29-27(22-15-7-4-8-16-22)24-18-10-12-20-11-9-17-23(25(20)24)26(27,28)21-13-5-3-6-14-21/h3-19,28H,1-2H3. The number of hydrogen-bond donors (Lipinski definition) is 1. The summed E-state index contributed by atoms with van der Waals surface area (Å²) in [7, 11) is 0.